The van der Waals surface area contributed by atoms with Gasteiger partial charge in [-0.25, -0.2) is 8.78 Å². The topological polar surface area (TPSA) is 32.9 Å². The molecule has 0 fully saturated rings. The lowest BCUT2D eigenvalue weighted by atomic mass is 10.2. The minimum Gasteiger partial charge on any atom is -0.357 e. The van der Waals surface area contributed by atoms with E-state index < -0.39 is 6.43 Å². The highest BCUT2D eigenvalue weighted by Crippen LogP contribution is 2.20. The van der Waals surface area contributed by atoms with Gasteiger partial charge in [0.2, 0.25) is 0 Å². The number of H-pyrrole nitrogens is 1. The molecule has 0 saturated heterocycles. The van der Waals surface area contributed by atoms with Gasteiger partial charge in [-0.2, -0.15) is 0 Å². The summed E-state index contributed by atoms with van der Waals surface area (Å²) in [5, 5.41) is 0.141. The van der Waals surface area contributed by atoms with E-state index in [1.165, 1.54) is 6.07 Å². The van der Waals surface area contributed by atoms with Crippen LogP contribution in [0.4, 0.5) is 8.78 Å². The second-order valence-corrected chi connectivity index (χ2v) is 3.20. The van der Waals surface area contributed by atoms with Crippen molar-refractivity contribution in [2.75, 3.05) is 0 Å². The van der Waals surface area contributed by atoms with Crippen LogP contribution in [0, 0.1) is 6.92 Å². The predicted molar refractivity (Wildman–Crippen MR) is 49.4 cm³/mol. The first-order valence-corrected chi connectivity index (χ1v) is 4.75. The standard InChI is InChI=1S/C8H8BrF2NO/c1-4-2-6(13)5(3-9)7(12-4)8(10)11/h2,8H,3H2,1H3,(H,12,13). The Labute approximate surface area is 82.1 Å². The summed E-state index contributed by atoms with van der Waals surface area (Å²) in [6.45, 7) is 1.57. The molecule has 0 aliphatic rings. The molecule has 0 spiro atoms. The predicted octanol–water partition coefficient (Wildman–Crippen LogP) is 2.52. The van der Waals surface area contributed by atoms with Crippen molar-refractivity contribution in [2.24, 2.45) is 0 Å². The fourth-order valence-corrected chi connectivity index (χ4v) is 1.64. The van der Waals surface area contributed by atoms with E-state index in [0.29, 0.717) is 5.69 Å². The van der Waals surface area contributed by atoms with Gasteiger partial charge in [0.1, 0.15) is 0 Å². The lowest BCUT2D eigenvalue weighted by Crippen LogP contribution is -2.13. The molecule has 1 aromatic heterocycles. The van der Waals surface area contributed by atoms with Crippen LogP contribution in [0.2, 0.25) is 0 Å². The normalized spacial score (nSPS) is 10.8. The lowest BCUT2D eigenvalue weighted by Gasteiger charge is -2.06. The first-order chi connectivity index (χ1) is 6.06. The zero-order valence-corrected chi connectivity index (χ0v) is 8.49. The highest BCUT2D eigenvalue weighted by Gasteiger charge is 2.15. The van der Waals surface area contributed by atoms with Gasteiger partial charge in [0.25, 0.3) is 6.43 Å². The van der Waals surface area contributed by atoms with Crippen molar-refractivity contribution in [2.45, 2.75) is 18.7 Å². The Morgan fingerprint density at radius 2 is 2.23 bits per heavy atom. The third-order valence-corrected chi connectivity index (χ3v) is 2.21. The van der Waals surface area contributed by atoms with Crippen molar-refractivity contribution in [1.82, 2.24) is 4.98 Å². The molecule has 0 aliphatic heterocycles. The molecular weight excluding hydrogens is 244 g/mol. The number of aromatic amines is 1. The van der Waals surface area contributed by atoms with Crippen molar-refractivity contribution in [3.05, 3.63) is 33.2 Å². The molecule has 0 atom stereocenters. The van der Waals surface area contributed by atoms with Crippen LogP contribution in [0.15, 0.2) is 10.9 Å². The van der Waals surface area contributed by atoms with Crippen LogP contribution < -0.4 is 5.43 Å². The first-order valence-electron chi connectivity index (χ1n) is 3.63. The zero-order valence-electron chi connectivity index (χ0n) is 6.90. The number of nitrogens with one attached hydrogen (secondary N) is 1. The molecule has 72 valence electrons. The summed E-state index contributed by atoms with van der Waals surface area (Å²) in [6, 6.07) is 1.31. The van der Waals surface area contributed by atoms with Gasteiger partial charge in [-0.1, -0.05) is 15.9 Å². The van der Waals surface area contributed by atoms with Gasteiger partial charge in [0.05, 0.1) is 5.69 Å². The third-order valence-electron chi connectivity index (χ3n) is 1.65. The van der Waals surface area contributed by atoms with Crippen LogP contribution >= 0.6 is 15.9 Å². The van der Waals surface area contributed by atoms with Gasteiger partial charge in [-0.15, -0.1) is 0 Å². The number of alkyl halides is 3. The quantitative estimate of drug-likeness (QED) is 0.806. The summed E-state index contributed by atoms with van der Waals surface area (Å²) >= 11 is 3.00. The molecule has 0 bridgehead atoms. The van der Waals surface area contributed by atoms with Crippen LogP contribution in [-0.4, -0.2) is 4.98 Å². The Morgan fingerprint density at radius 1 is 1.62 bits per heavy atom. The Hall–Kier alpha value is -0.710. The van der Waals surface area contributed by atoms with Crippen molar-refractivity contribution in [3.8, 4) is 0 Å². The molecule has 0 amide bonds. The number of hydrogen-bond acceptors (Lipinski definition) is 1. The maximum Gasteiger partial charge on any atom is 0.278 e. The average Bonchev–Trinajstić information content (AvgIpc) is 2.02. The van der Waals surface area contributed by atoms with E-state index in [1.807, 2.05) is 0 Å². The van der Waals surface area contributed by atoms with Crippen molar-refractivity contribution < 1.29 is 8.78 Å². The molecule has 5 heteroatoms. The lowest BCUT2D eigenvalue weighted by molar-refractivity contribution is 0.145. The van der Waals surface area contributed by atoms with Crippen LogP contribution in [0.5, 0.6) is 0 Å². The molecule has 0 saturated carbocycles. The van der Waals surface area contributed by atoms with Crippen molar-refractivity contribution in [1.29, 1.82) is 0 Å². The van der Waals surface area contributed by atoms with Crippen LogP contribution in [-0.2, 0) is 5.33 Å². The number of aryl methyl sites for hydroxylation is 1. The van der Waals surface area contributed by atoms with E-state index in [2.05, 4.69) is 20.9 Å². The molecule has 1 rings (SSSR count). The highest BCUT2D eigenvalue weighted by molar-refractivity contribution is 9.08. The van der Waals surface area contributed by atoms with Crippen molar-refractivity contribution >= 4 is 15.9 Å². The maximum atomic E-state index is 12.4. The SMILES string of the molecule is Cc1cc(=O)c(CBr)c(C(F)F)[nH]1. The van der Waals surface area contributed by atoms with E-state index in [4.69, 9.17) is 0 Å². The molecule has 0 radical (unpaired) electrons. The first kappa shape index (κ1) is 10.4. The summed E-state index contributed by atoms with van der Waals surface area (Å²) in [4.78, 5) is 13.7. The van der Waals surface area contributed by atoms with Crippen LogP contribution in [0.3, 0.4) is 0 Å². The minimum absolute atomic E-state index is 0.0978. The molecule has 1 aromatic rings. The highest BCUT2D eigenvalue weighted by atomic mass is 79.9. The fraction of sp³-hybridized carbons (Fsp3) is 0.375. The van der Waals surface area contributed by atoms with Crippen LogP contribution in [0.1, 0.15) is 23.4 Å². The Balaban J connectivity index is 3.38. The van der Waals surface area contributed by atoms with Gasteiger partial charge in [-0.05, 0) is 6.92 Å². The Kier molecular flexibility index (Phi) is 3.19. The number of rotatable bonds is 2. The largest absolute Gasteiger partial charge is 0.357 e. The Bertz CT molecular complexity index is 362. The molecule has 13 heavy (non-hydrogen) atoms. The monoisotopic (exact) mass is 251 g/mol. The fourth-order valence-electron chi connectivity index (χ4n) is 1.06. The van der Waals surface area contributed by atoms with Crippen LogP contribution in [0.25, 0.3) is 0 Å². The molecular formula is C8H8BrF2NO. The maximum absolute atomic E-state index is 12.4. The second kappa shape index (κ2) is 4.00. The van der Waals surface area contributed by atoms with E-state index in [1.54, 1.807) is 6.92 Å². The summed E-state index contributed by atoms with van der Waals surface area (Å²) in [5.74, 6) is 0. The van der Waals surface area contributed by atoms with E-state index >= 15 is 0 Å². The average molecular weight is 252 g/mol. The summed E-state index contributed by atoms with van der Waals surface area (Å²) in [7, 11) is 0. The number of hydrogen-bond donors (Lipinski definition) is 1. The summed E-state index contributed by atoms with van der Waals surface area (Å²) in [6.07, 6.45) is -2.64. The third kappa shape index (κ3) is 2.15. The van der Waals surface area contributed by atoms with Gasteiger partial charge in [0.15, 0.2) is 5.43 Å². The summed E-state index contributed by atoms with van der Waals surface area (Å²) in [5.41, 5.74) is -0.101. The molecule has 0 unspecified atom stereocenters. The van der Waals surface area contributed by atoms with Gasteiger partial charge >= 0.3 is 0 Å². The van der Waals surface area contributed by atoms with Gasteiger partial charge < -0.3 is 4.98 Å². The van der Waals surface area contributed by atoms with E-state index in [9.17, 15) is 13.6 Å². The number of aromatic nitrogens is 1. The second-order valence-electron chi connectivity index (χ2n) is 2.64. The Morgan fingerprint density at radius 3 is 2.69 bits per heavy atom. The number of halogens is 3. The molecule has 0 aliphatic carbocycles. The molecule has 1 heterocycles. The van der Waals surface area contributed by atoms with E-state index in [-0.39, 0.29) is 22.0 Å². The van der Waals surface area contributed by atoms with Crippen molar-refractivity contribution in [3.63, 3.8) is 0 Å². The zero-order chi connectivity index (χ0) is 10.0. The minimum atomic E-state index is -2.64. The summed E-state index contributed by atoms with van der Waals surface area (Å²) < 4.78 is 24.8. The molecule has 1 N–H and O–H groups in total. The van der Waals surface area contributed by atoms with Gasteiger partial charge in [-0.3, -0.25) is 4.79 Å². The molecule has 0 aromatic carbocycles. The molecule has 2 nitrogen and oxygen atoms in total. The number of pyridine rings is 1. The smallest absolute Gasteiger partial charge is 0.278 e. The van der Waals surface area contributed by atoms with E-state index in [0.717, 1.165) is 0 Å². The van der Waals surface area contributed by atoms with Gasteiger partial charge in [0, 0.05) is 22.7 Å².